The van der Waals surface area contributed by atoms with E-state index in [9.17, 15) is 4.79 Å². The highest BCUT2D eigenvalue weighted by Gasteiger charge is 2.07. The number of aromatic amines is 1. The summed E-state index contributed by atoms with van der Waals surface area (Å²) in [5, 5.41) is 4.35. The minimum Gasteiger partial charge on any atom is -0.375 e. The van der Waals surface area contributed by atoms with Gasteiger partial charge in [0, 0.05) is 18.8 Å². The fourth-order valence-corrected chi connectivity index (χ4v) is 3.10. The number of aromatic nitrogens is 3. The number of H-pyrrole nitrogens is 1. The Hall–Kier alpha value is -3.26. The number of benzene rings is 1. The molecule has 0 amide bonds. The lowest BCUT2D eigenvalue weighted by molar-refractivity contribution is 0.562. The van der Waals surface area contributed by atoms with Gasteiger partial charge in [-0.3, -0.25) is 9.56 Å². The van der Waals surface area contributed by atoms with Crippen molar-refractivity contribution in [3.05, 3.63) is 64.2 Å². The fourth-order valence-electron chi connectivity index (χ4n) is 3.10. The molecule has 0 saturated heterocycles. The Morgan fingerprint density at radius 1 is 1.31 bits per heavy atom. The van der Waals surface area contributed by atoms with Crippen LogP contribution < -0.4 is 22.5 Å². The molecule has 1 aromatic carbocycles. The van der Waals surface area contributed by atoms with Gasteiger partial charge in [-0.05, 0) is 43.0 Å². The first-order chi connectivity index (χ1) is 13.8. The molecule has 29 heavy (non-hydrogen) atoms. The molecule has 8 nitrogen and oxygen atoms in total. The van der Waals surface area contributed by atoms with E-state index >= 15 is 0 Å². The highest BCUT2D eigenvalue weighted by atomic mass is 16.1. The second-order valence-electron chi connectivity index (χ2n) is 7.31. The second kappa shape index (κ2) is 8.83. The second-order valence-corrected chi connectivity index (χ2v) is 7.31. The third-order valence-corrected chi connectivity index (χ3v) is 4.80. The van der Waals surface area contributed by atoms with E-state index in [1.165, 1.54) is 0 Å². The standard InChI is InChI=1S/C21H28N7O/c1-13(2)18-11-16-12-28(21(29)27-19(16)26-18)17-7-5-15(6-8-17)14(3)24-9-4-10-25-20(22)23/h5-8,11-12,14,24H,4,9-10H2,1-3H3,(H4,22,23,25)(H,26,27,29)/q-1. The highest BCUT2D eigenvalue weighted by molar-refractivity contribution is 5.76. The molecule has 1 unspecified atom stereocenters. The molecule has 0 fully saturated rings. The molecule has 154 valence electrons. The smallest absolute Gasteiger partial charge is 0.354 e. The van der Waals surface area contributed by atoms with E-state index in [1.807, 2.05) is 50.4 Å². The summed E-state index contributed by atoms with van der Waals surface area (Å²) in [5.74, 6) is 1.27. The van der Waals surface area contributed by atoms with Crippen molar-refractivity contribution in [2.45, 2.75) is 33.2 Å². The molecule has 0 aliphatic rings. The van der Waals surface area contributed by atoms with Gasteiger partial charge in [-0.1, -0.05) is 12.1 Å². The average molecular weight is 395 g/mol. The molecule has 0 radical (unpaired) electrons. The SMILES string of the molecule is C[C-](C)c1cc2cn(-c3ccc(C(C)NCCCN=C(N)N)cc3)c(=O)nc2[nH]1. The summed E-state index contributed by atoms with van der Waals surface area (Å²) in [6.07, 6.45) is 2.68. The third kappa shape index (κ3) is 4.97. The number of nitrogens with zero attached hydrogens (tertiary/aromatic N) is 3. The molecular weight excluding hydrogens is 366 g/mol. The molecule has 3 aromatic rings. The van der Waals surface area contributed by atoms with Crippen LogP contribution in [0.25, 0.3) is 16.7 Å². The van der Waals surface area contributed by atoms with E-state index in [2.05, 4.69) is 27.2 Å². The first-order valence-corrected chi connectivity index (χ1v) is 9.67. The summed E-state index contributed by atoms with van der Waals surface area (Å²) in [6, 6.07) is 10.1. The quantitative estimate of drug-likeness (QED) is 0.201. The molecule has 1 atom stereocenters. The van der Waals surface area contributed by atoms with Gasteiger partial charge in [0.25, 0.3) is 0 Å². The Kier molecular flexibility index (Phi) is 6.23. The minimum absolute atomic E-state index is 0.121. The van der Waals surface area contributed by atoms with Gasteiger partial charge in [-0.15, -0.1) is 19.5 Å². The summed E-state index contributed by atoms with van der Waals surface area (Å²) in [7, 11) is 0. The van der Waals surface area contributed by atoms with E-state index in [1.54, 1.807) is 4.57 Å². The van der Waals surface area contributed by atoms with Crippen molar-refractivity contribution >= 4 is 17.0 Å². The lowest BCUT2D eigenvalue weighted by atomic mass is 10.1. The van der Waals surface area contributed by atoms with E-state index in [4.69, 9.17) is 11.5 Å². The van der Waals surface area contributed by atoms with Crippen molar-refractivity contribution in [2.24, 2.45) is 16.5 Å². The maximum Gasteiger partial charge on any atom is 0.354 e. The van der Waals surface area contributed by atoms with Crippen molar-refractivity contribution in [1.29, 1.82) is 0 Å². The number of nitrogens with one attached hydrogen (secondary N) is 2. The Morgan fingerprint density at radius 3 is 2.69 bits per heavy atom. The van der Waals surface area contributed by atoms with Crippen LogP contribution in [0.4, 0.5) is 0 Å². The van der Waals surface area contributed by atoms with Crippen LogP contribution in [-0.2, 0) is 0 Å². The number of guanidine groups is 1. The predicted molar refractivity (Wildman–Crippen MR) is 117 cm³/mol. The van der Waals surface area contributed by atoms with Crippen LogP contribution in [0, 0.1) is 5.92 Å². The zero-order valence-corrected chi connectivity index (χ0v) is 17.1. The van der Waals surface area contributed by atoms with E-state index in [-0.39, 0.29) is 17.7 Å². The van der Waals surface area contributed by atoms with Gasteiger partial charge in [0.15, 0.2) is 5.96 Å². The van der Waals surface area contributed by atoms with Crippen LogP contribution in [-0.4, -0.2) is 33.6 Å². The zero-order chi connectivity index (χ0) is 21.0. The molecule has 0 saturated carbocycles. The molecule has 3 rings (SSSR count). The summed E-state index contributed by atoms with van der Waals surface area (Å²) < 4.78 is 1.57. The van der Waals surface area contributed by atoms with Crippen LogP contribution >= 0.6 is 0 Å². The fraction of sp³-hybridized carbons (Fsp3) is 0.333. The summed E-state index contributed by atoms with van der Waals surface area (Å²) in [4.78, 5) is 23.8. The topological polar surface area (TPSA) is 127 Å². The van der Waals surface area contributed by atoms with Crippen molar-refractivity contribution in [3.8, 4) is 5.69 Å². The Morgan fingerprint density at radius 2 is 2.03 bits per heavy atom. The van der Waals surface area contributed by atoms with E-state index in [0.717, 1.165) is 41.2 Å². The minimum atomic E-state index is -0.307. The van der Waals surface area contributed by atoms with Crippen LogP contribution in [0.15, 0.2) is 46.3 Å². The summed E-state index contributed by atoms with van der Waals surface area (Å²) in [6.45, 7) is 7.55. The van der Waals surface area contributed by atoms with Crippen molar-refractivity contribution in [2.75, 3.05) is 13.1 Å². The number of fused-ring (bicyclic) bond motifs is 1. The number of nitrogens with two attached hydrogens (primary N) is 2. The molecule has 2 aromatic heterocycles. The Labute approximate surface area is 170 Å². The largest absolute Gasteiger partial charge is 0.375 e. The van der Waals surface area contributed by atoms with Gasteiger partial charge in [-0.25, -0.2) is 4.79 Å². The first-order valence-electron chi connectivity index (χ1n) is 9.67. The maximum absolute atomic E-state index is 12.5. The van der Waals surface area contributed by atoms with Gasteiger partial charge in [0.05, 0.1) is 5.69 Å². The normalized spacial score (nSPS) is 12.1. The van der Waals surface area contributed by atoms with Gasteiger partial charge in [-0.2, -0.15) is 17.0 Å². The molecule has 0 bridgehead atoms. The number of hydrogen-bond donors (Lipinski definition) is 4. The Bertz CT molecular complexity index is 1040. The molecular formula is C21H28N7O-. The Balaban J connectivity index is 1.71. The lowest BCUT2D eigenvalue weighted by Crippen LogP contribution is -2.24. The van der Waals surface area contributed by atoms with Crippen molar-refractivity contribution in [1.82, 2.24) is 19.9 Å². The highest BCUT2D eigenvalue weighted by Crippen LogP contribution is 2.20. The third-order valence-electron chi connectivity index (χ3n) is 4.80. The van der Waals surface area contributed by atoms with Crippen molar-refractivity contribution in [3.63, 3.8) is 0 Å². The monoisotopic (exact) mass is 394 g/mol. The number of aliphatic imine (C=N–C) groups is 1. The molecule has 0 spiro atoms. The van der Waals surface area contributed by atoms with Gasteiger partial charge in [0.1, 0.15) is 5.65 Å². The van der Waals surface area contributed by atoms with Gasteiger partial charge < -0.3 is 21.8 Å². The molecule has 2 heterocycles. The lowest BCUT2D eigenvalue weighted by Gasteiger charge is -2.15. The summed E-state index contributed by atoms with van der Waals surface area (Å²) in [5.41, 5.74) is 13.8. The first kappa shape index (κ1) is 20.5. The average Bonchev–Trinajstić information content (AvgIpc) is 3.10. The predicted octanol–water partition coefficient (Wildman–Crippen LogP) is 1.99. The van der Waals surface area contributed by atoms with Gasteiger partial charge in [0.2, 0.25) is 0 Å². The van der Waals surface area contributed by atoms with Crippen LogP contribution in [0.1, 0.15) is 44.5 Å². The molecule has 0 aliphatic carbocycles. The van der Waals surface area contributed by atoms with Crippen LogP contribution in [0.2, 0.25) is 0 Å². The number of hydrogen-bond acceptors (Lipinski definition) is 4. The van der Waals surface area contributed by atoms with Crippen LogP contribution in [0.5, 0.6) is 0 Å². The van der Waals surface area contributed by atoms with Crippen LogP contribution in [0.3, 0.4) is 0 Å². The molecule has 0 aliphatic heterocycles. The zero-order valence-electron chi connectivity index (χ0n) is 17.1. The summed E-state index contributed by atoms with van der Waals surface area (Å²) >= 11 is 0. The number of rotatable bonds is 8. The van der Waals surface area contributed by atoms with Gasteiger partial charge >= 0.3 is 5.69 Å². The maximum atomic E-state index is 12.5. The van der Waals surface area contributed by atoms with Crippen molar-refractivity contribution < 1.29 is 0 Å². The van der Waals surface area contributed by atoms with E-state index in [0.29, 0.717) is 12.2 Å². The van der Waals surface area contributed by atoms with E-state index < -0.39 is 0 Å². The molecule has 8 heteroatoms. The molecule has 6 N–H and O–H groups in total.